The second-order valence-electron chi connectivity index (χ2n) is 2.84. The summed E-state index contributed by atoms with van der Waals surface area (Å²) in [5, 5.41) is 29.3. The first kappa shape index (κ1) is 10.4. The molecule has 1 N–H and O–H groups in total. The zero-order chi connectivity index (χ0) is 11.4. The number of tetrazole rings is 1. The van der Waals surface area contributed by atoms with Crippen LogP contribution in [0.4, 0.5) is 0 Å². The van der Waals surface area contributed by atoms with Crippen molar-refractivity contribution >= 4 is 11.8 Å². The van der Waals surface area contributed by atoms with Crippen molar-refractivity contribution in [3.8, 4) is 17.5 Å². The number of hydrogen-bond donors (Lipinski definition) is 1. The van der Waals surface area contributed by atoms with E-state index in [1.807, 2.05) is 6.07 Å². The summed E-state index contributed by atoms with van der Waals surface area (Å²) in [6, 6.07) is 8.50. The number of thioether (sulfide) groups is 1. The van der Waals surface area contributed by atoms with Crippen molar-refractivity contribution < 1.29 is 5.11 Å². The first-order valence-electron chi connectivity index (χ1n) is 4.39. The van der Waals surface area contributed by atoms with Gasteiger partial charge in [-0.1, -0.05) is 11.8 Å². The number of benzene rings is 1. The molecule has 6 nitrogen and oxygen atoms in total. The fraction of sp³-hybridized carbons (Fsp3) is 0.111. The Morgan fingerprint density at radius 3 is 2.81 bits per heavy atom. The number of phenols is 1. The van der Waals surface area contributed by atoms with Gasteiger partial charge in [-0.2, -0.15) is 9.94 Å². The highest BCUT2D eigenvalue weighted by molar-refractivity contribution is 7.99. The minimum Gasteiger partial charge on any atom is -0.508 e. The normalized spacial score (nSPS) is 9.94. The molecule has 0 saturated carbocycles. The van der Waals surface area contributed by atoms with E-state index in [-0.39, 0.29) is 5.75 Å². The van der Waals surface area contributed by atoms with Crippen LogP contribution in [0.1, 0.15) is 0 Å². The molecule has 16 heavy (non-hydrogen) atoms. The molecule has 2 rings (SSSR count). The van der Waals surface area contributed by atoms with Gasteiger partial charge in [-0.25, -0.2) is 0 Å². The van der Waals surface area contributed by atoms with E-state index in [0.29, 0.717) is 10.9 Å². The van der Waals surface area contributed by atoms with Crippen molar-refractivity contribution in [2.75, 3.05) is 5.75 Å². The molecule has 0 fully saturated rings. The molecule has 0 aliphatic rings. The van der Waals surface area contributed by atoms with Crippen LogP contribution in [-0.4, -0.2) is 31.1 Å². The Bertz CT molecular complexity index is 515. The molecule has 0 radical (unpaired) electrons. The lowest BCUT2D eigenvalue weighted by Gasteiger charge is -2.02. The van der Waals surface area contributed by atoms with E-state index in [2.05, 4.69) is 15.5 Å². The molecular weight excluding hydrogens is 226 g/mol. The number of aromatic nitrogens is 4. The minimum absolute atomic E-state index is 0.183. The molecule has 0 saturated heterocycles. The molecule has 7 heteroatoms. The molecule has 0 spiro atoms. The molecule has 1 aromatic heterocycles. The fourth-order valence-electron chi connectivity index (χ4n) is 1.12. The summed E-state index contributed by atoms with van der Waals surface area (Å²) in [5.74, 6) is 0.474. The number of nitrogens with zero attached hydrogens (tertiary/aromatic N) is 5. The van der Waals surface area contributed by atoms with Crippen LogP contribution in [0.5, 0.6) is 5.75 Å². The largest absolute Gasteiger partial charge is 0.508 e. The fourth-order valence-corrected chi connectivity index (χ4v) is 1.67. The molecule has 0 unspecified atom stereocenters. The van der Waals surface area contributed by atoms with Gasteiger partial charge in [0.05, 0.1) is 17.5 Å². The van der Waals surface area contributed by atoms with E-state index in [1.165, 1.54) is 16.4 Å². The smallest absolute Gasteiger partial charge is 0.215 e. The van der Waals surface area contributed by atoms with Crippen LogP contribution in [0.15, 0.2) is 29.4 Å². The van der Waals surface area contributed by atoms with Crippen LogP contribution >= 0.6 is 11.8 Å². The summed E-state index contributed by atoms with van der Waals surface area (Å²) in [4.78, 5) is 0. The SMILES string of the molecule is N#CCSc1nnnn1-c1ccc(O)cc1. The molecule has 1 heterocycles. The number of rotatable bonds is 3. The van der Waals surface area contributed by atoms with Crippen molar-refractivity contribution in [2.24, 2.45) is 0 Å². The van der Waals surface area contributed by atoms with Crippen LogP contribution in [0.3, 0.4) is 0 Å². The van der Waals surface area contributed by atoms with Crippen molar-refractivity contribution in [2.45, 2.75) is 5.16 Å². The summed E-state index contributed by atoms with van der Waals surface area (Å²) < 4.78 is 1.52. The predicted molar refractivity (Wildman–Crippen MR) is 57.2 cm³/mol. The maximum Gasteiger partial charge on any atom is 0.215 e. The van der Waals surface area contributed by atoms with Gasteiger partial charge in [-0.15, -0.1) is 5.10 Å². The third kappa shape index (κ3) is 2.12. The average Bonchev–Trinajstić information content (AvgIpc) is 2.75. The van der Waals surface area contributed by atoms with Gasteiger partial charge < -0.3 is 5.11 Å². The topological polar surface area (TPSA) is 87.6 Å². The number of nitriles is 1. The lowest BCUT2D eigenvalue weighted by Crippen LogP contribution is -1.98. The predicted octanol–water partition coefficient (Wildman–Crippen LogP) is 0.984. The Labute approximate surface area is 95.5 Å². The number of phenolic OH excluding ortho intramolecular Hbond substituents is 1. The van der Waals surface area contributed by atoms with Gasteiger partial charge in [0.2, 0.25) is 5.16 Å². The molecule has 0 bridgehead atoms. The van der Waals surface area contributed by atoms with Crippen LogP contribution in [0.2, 0.25) is 0 Å². The van der Waals surface area contributed by atoms with Crippen LogP contribution < -0.4 is 0 Å². The zero-order valence-corrected chi connectivity index (χ0v) is 8.92. The Morgan fingerprint density at radius 1 is 1.38 bits per heavy atom. The zero-order valence-electron chi connectivity index (χ0n) is 8.11. The van der Waals surface area contributed by atoms with E-state index >= 15 is 0 Å². The van der Waals surface area contributed by atoms with Gasteiger partial charge in [0.1, 0.15) is 5.75 Å². The second-order valence-corrected chi connectivity index (χ2v) is 3.78. The second kappa shape index (κ2) is 4.63. The summed E-state index contributed by atoms with van der Waals surface area (Å²) in [6.07, 6.45) is 0. The van der Waals surface area contributed by atoms with Crippen LogP contribution in [0.25, 0.3) is 5.69 Å². The first-order chi connectivity index (χ1) is 7.81. The first-order valence-corrected chi connectivity index (χ1v) is 5.37. The highest BCUT2D eigenvalue weighted by atomic mass is 32.2. The molecular formula is C9H7N5OS. The van der Waals surface area contributed by atoms with Crippen LogP contribution in [-0.2, 0) is 0 Å². The quantitative estimate of drug-likeness (QED) is 0.795. The standard InChI is InChI=1S/C9H7N5OS/c10-5-6-16-9-11-12-13-14(9)7-1-3-8(15)4-2-7/h1-4,15H,6H2. The highest BCUT2D eigenvalue weighted by Crippen LogP contribution is 2.19. The van der Waals surface area contributed by atoms with Crippen molar-refractivity contribution in [3.63, 3.8) is 0 Å². The minimum atomic E-state index is 0.183. The summed E-state index contributed by atoms with van der Waals surface area (Å²) >= 11 is 1.26. The van der Waals surface area contributed by atoms with Gasteiger partial charge >= 0.3 is 0 Å². The average molecular weight is 233 g/mol. The summed E-state index contributed by atoms with van der Waals surface area (Å²) in [6.45, 7) is 0. The van der Waals surface area contributed by atoms with Crippen molar-refractivity contribution in [1.82, 2.24) is 20.2 Å². The third-order valence-electron chi connectivity index (χ3n) is 1.80. The van der Waals surface area contributed by atoms with E-state index in [9.17, 15) is 0 Å². The van der Waals surface area contributed by atoms with Gasteiger partial charge in [-0.05, 0) is 34.7 Å². The molecule has 0 aliphatic carbocycles. The Kier molecular flexibility index (Phi) is 3.03. The lowest BCUT2D eigenvalue weighted by molar-refractivity contribution is 0.475. The number of aromatic hydroxyl groups is 1. The molecule has 0 atom stereocenters. The number of hydrogen-bond acceptors (Lipinski definition) is 6. The van der Waals surface area contributed by atoms with Gasteiger partial charge in [0, 0.05) is 0 Å². The van der Waals surface area contributed by atoms with Crippen LogP contribution in [0, 0.1) is 11.3 Å². The lowest BCUT2D eigenvalue weighted by atomic mass is 10.3. The third-order valence-corrected chi connectivity index (χ3v) is 2.59. The Hall–Kier alpha value is -2.07. The highest BCUT2D eigenvalue weighted by Gasteiger charge is 2.08. The van der Waals surface area contributed by atoms with Gasteiger partial charge in [0.25, 0.3) is 0 Å². The Morgan fingerprint density at radius 2 is 2.12 bits per heavy atom. The van der Waals surface area contributed by atoms with E-state index < -0.39 is 0 Å². The molecule has 0 amide bonds. The maximum atomic E-state index is 9.16. The van der Waals surface area contributed by atoms with Crippen molar-refractivity contribution in [3.05, 3.63) is 24.3 Å². The molecule has 1 aromatic carbocycles. The monoisotopic (exact) mass is 233 g/mol. The van der Waals surface area contributed by atoms with E-state index in [4.69, 9.17) is 10.4 Å². The molecule has 0 aliphatic heterocycles. The van der Waals surface area contributed by atoms with E-state index in [0.717, 1.165) is 5.69 Å². The Balaban J connectivity index is 2.30. The van der Waals surface area contributed by atoms with Crippen molar-refractivity contribution in [1.29, 1.82) is 5.26 Å². The summed E-state index contributed by atoms with van der Waals surface area (Å²) in [7, 11) is 0. The molecule has 80 valence electrons. The van der Waals surface area contributed by atoms with E-state index in [1.54, 1.807) is 24.3 Å². The molecule has 2 aromatic rings. The van der Waals surface area contributed by atoms with Gasteiger partial charge in [0.15, 0.2) is 0 Å². The summed E-state index contributed by atoms with van der Waals surface area (Å²) in [5.41, 5.74) is 0.739. The van der Waals surface area contributed by atoms with Gasteiger partial charge in [-0.3, -0.25) is 0 Å². The maximum absolute atomic E-state index is 9.16.